The van der Waals surface area contributed by atoms with E-state index >= 15 is 0 Å². The van der Waals surface area contributed by atoms with E-state index in [1.165, 1.54) is 12.1 Å². The quantitative estimate of drug-likeness (QED) is 0.281. The molecule has 2 rings (SSSR count). The Bertz CT molecular complexity index is 692. The number of nitrogens with zero attached hydrogens (tertiary/aromatic N) is 2. The van der Waals surface area contributed by atoms with Gasteiger partial charge in [0.05, 0.1) is 0 Å². The number of piperidine rings is 1. The van der Waals surface area contributed by atoms with Gasteiger partial charge in [0.25, 0.3) is 0 Å². The number of halogens is 3. The lowest BCUT2D eigenvalue weighted by Crippen LogP contribution is -2.50. The number of rotatable bonds is 8. The van der Waals surface area contributed by atoms with Gasteiger partial charge in [-0.1, -0.05) is 31.5 Å². The molecule has 0 bridgehead atoms. The van der Waals surface area contributed by atoms with Crippen molar-refractivity contribution < 1.29 is 9.18 Å². The third-order valence-electron chi connectivity index (χ3n) is 5.49. The number of amides is 1. The molecule has 0 saturated carbocycles. The number of likely N-dealkylation sites (tertiary alicyclic amines) is 1. The Balaban J connectivity index is 0.00000450. The lowest BCUT2D eigenvalue weighted by atomic mass is 9.98. The summed E-state index contributed by atoms with van der Waals surface area (Å²) >= 11 is 6.09. The molecule has 1 amide bonds. The van der Waals surface area contributed by atoms with Gasteiger partial charge in [-0.05, 0) is 56.7 Å². The van der Waals surface area contributed by atoms with Gasteiger partial charge in [0.15, 0.2) is 5.96 Å². The van der Waals surface area contributed by atoms with Crippen molar-refractivity contribution in [1.29, 1.82) is 0 Å². The molecule has 5 nitrogen and oxygen atoms in total. The summed E-state index contributed by atoms with van der Waals surface area (Å²) in [5.41, 5.74) is 0.890. The van der Waals surface area contributed by atoms with Crippen LogP contribution in [0.1, 0.15) is 52.0 Å². The number of benzene rings is 1. The summed E-state index contributed by atoms with van der Waals surface area (Å²) in [4.78, 5) is 19.2. The lowest BCUT2D eigenvalue weighted by Gasteiger charge is -2.34. The van der Waals surface area contributed by atoms with Crippen LogP contribution in [-0.4, -0.2) is 49.0 Å². The Morgan fingerprint density at radius 2 is 1.93 bits per heavy atom. The summed E-state index contributed by atoms with van der Waals surface area (Å²) < 4.78 is 13.2. The maximum atomic E-state index is 13.2. The third-order valence-corrected chi connectivity index (χ3v) is 5.84. The van der Waals surface area contributed by atoms with Gasteiger partial charge in [0.1, 0.15) is 5.82 Å². The van der Waals surface area contributed by atoms with Crippen LogP contribution in [0.3, 0.4) is 0 Å². The zero-order chi connectivity index (χ0) is 21.2. The van der Waals surface area contributed by atoms with Crippen molar-refractivity contribution in [2.24, 2.45) is 10.9 Å². The maximum absolute atomic E-state index is 13.2. The minimum absolute atomic E-state index is 0. The summed E-state index contributed by atoms with van der Waals surface area (Å²) in [5, 5.41) is 7.20. The van der Waals surface area contributed by atoms with E-state index in [1.54, 1.807) is 6.07 Å². The average Bonchev–Trinajstić information content (AvgIpc) is 2.71. The maximum Gasteiger partial charge on any atom is 0.225 e. The molecule has 1 saturated heterocycles. The second-order valence-electron chi connectivity index (χ2n) is 7.50. The molecule has 1 aliphatic rings. The summed E-state index contributed by atoms with van der Waals surface area (Å²) in [6.07, 6.45) is 4.30. The van der Waals surface area contributed by atoms with Gasteiger partial charge < -0.3 is 15.5 Å². The van der Waals surface area contributed by atoms with Crippen LogP contribution in [0.15, 0.2) is 23.2 Å². The summed E-state index contributed by atoms with van der Waals surface area (Å²) in [6, 6.07) is 4.76. The molecule has 1 aliphatic heterocycles. The number of carbonyl (C=O) groups excluding carboxylic acids is 1. The van der Waals surface area contributed by atoms with Crippen LogP contribution >= 0.6 is 35.6 Å². The highest BCUT2D eigenvalue weighted by Gasteiger charge is 2.26. The predicted octanol–water partition coefficient (Wildman–Crippen LogP) is 4.62. The number of guanidine groups is 1. The van der Waals surface area contributed by atoms with E-state index in [0.717, 1.165) is 56.8 Å². The van der Waals surface area contributed by atoms with Gasteiger partial charge in [-0.15, -0.1) is 24.0 Å². The van der Waals surface area contributed by atoms with E-state index in [4.69, 9.17) is 11.6 Å². The molecule has 170 valence electrons. The SMILES string of the molecule is CCNC(=NCCc1ccc(F)cc1Cl)NC1CCN(C(=O)C(CC)CC)CC1.I. The molecule has 1 aromatic rings. The largest absolute Gasteiger partial charge is 0.357 e. The minimum Gasteiger partial charge on any atom is -0.357 e. The number of carbonyl (C=O) groups is 1. The van der Waals surface area contributed by atoms with Gasteiger partial charge in [0.2, 0.25) is 5.91 Å². The Labute approximate surface area is 202 Å². The average molecular weight is 553 g/mol. The van der Waals surface area contributed by atoms with Crippen molar-refractivity contribution in [2.75, 3.05) is 26.2 Å². The fourth-order valence-electron chi connectivity index (χ4n) is 3.67. The van der Waals surface area contributed by atoms with Crippen molar-refractivity contribution in [2.45, 2.75) is 58.9 Å². The van der Waals surface area contributed by atoms with Crippen LogP contribution < -0.4 is 10.6 Å². The van der Waals surface area contributed by atoms with E-state index in [0.29, 0.717) is 29.9 Å². The summed E-state index contributed by atoms with van der Waals surface area (Å²) in [6.45, 7) is 9.11. The lowest BCUT2D eigenvalue weighted by molar-refractivity contribution is -0.136. The first-order valence-electron chi connectivity index (χ1n) is 10.8. The molecule has 1 fully saturated rings. The minimum atomic E-state index is -0.328. The van der Waals surface area contributed by atoms with Gasteiger partial charge in [-0.2, -0.15) is 0 Å². The van der Waals surface area contributed by atoms with Crippen molar-refractivity contribution in [3.05, 3.63) is 34.6 Å². The van der Waals surface area contributed by atoms with Crippen molar-refractivity contribution in [3.63, 3.8) is 0 Å². The first kappa shape index (κ1) is 26.9. The first-order valence-corrected chi connectivity index (χ1v) is 11.1. The van der Waals surface area contributed by atoms with Gasteiger partial charge in [0, 0.05) is 43.2 Å². The molecule has 0 unspecified atom stereocenters. The molecule has 8 heteroatoms. The molecule has 0 aliphatic carbocycles. The first-order chi connectivity index (χ1) is 14.0. The zero-order valence-electron chi connectivity index (χ0n) is 18.2. The number of hydrogen-bond acceptors (Lipinski definition) is 2. The van der Waals surface area contributed by atoms with E-state index in [2.05, 4.69) is 29.5 Å². The van der Waals surface area contributed by atoms with E-state index in [9.17, 15) is 9.18 Å². The molecular formula is C22H35ClFIN4O. The van der Waals surface area contributed by atoms with Gasteiger partial charge in [-0.3, -0.25) is 9.79 Å². The fraction of sp³-hybridized carbons (Fsp3) is 0.636. The van der Waals surface area contributed by atoms with E-state index in [-0.39, 0.29) is 35.7 Å². The second kappa shape index (κ2) is 14.1. The van der Waals surface area contributed by atoms with Crippen LogP contribution in [0.5, 0.6) is 0 Å². The van der Waals surface area contributed by atoms with E-state index < -0.39 is 0 Å². The predicted molar refractivity (Wildman–Crippen MR) is 133 cm³/mol. The zero-order valence-corrected chi connectivity index (χ0v) is 21.3. The fourth-order valence-corrected chi connectivity index (χ4v) is 3.93. The van der Waals surface area contributed by atoms with Gasteiger partial charge in [-0.25, -0.2) is 4.39 Å². The molecule has 1 aromatic carbocycles. The monoisotopic (exact) mass is 552 g/mol. The van der Waals surface area contributed by atoms with Crippen LogP contribution in [-0.2, 0) is 11.2 Å². The van der Waals surface area contributed by atoms with Crippen LogP contribution in [0.25, 0.3) is 0 Å². The highest BCUT2D eigenvalue weighted by molar-refractivity contribution is 14.0. The summed E-state index contributed by atoms with van der Waals surface area (Å²) in [5.74, 6) is 0.892. The summed E-state index contributed by atoms with van der Waals surface area (Å²) in [7, 11) is 0. The molecule has 2 N–H and O–H groups in total. The van der Waals surface area contributed by atoms with Gasteiger partial charge >= 0.3 is 0 Å². The topological polar surface area (TPSA) is 56.7 Å². The second-order valence-corrected chi connectivity index (χ2v) is 7.91. The molecule has 30 heavy (non-hydrogen) atoms. The Morgan fingerprint density at radius 1 is 1.27 bits per heavy atom. The van der Waals surface area contributed by atoms with Crippen molar-refractivity contribution >= 4 is 47.4 Å². The molecule has 0 aromatic heterocycles. The molecule has 0 atom stereocenters. The van der Waals surface area contributed by atoms with Crippen LogP contribution in [0, 0.1) is 11.7 Å². The van der Waals surface area contributed by atoms with Crippen LogP contribution in [0.2, 0.25) is 5.02 Å². The highest BCUT2D eigenvalue weighted by Crippen LogP contribution is 2.18. The smallest absolute Gasteiger partial charge is 0.225 e. The number of aliphatic imine (C=N–C) groups is 1. The molecule has 1 heterocycles. The standard InChI is InChI=1S/C22H34ClFN4O.HI/c1-4-16(5-2)21(29)28-13-10-19(11-14-28)27-22(25-6-3)26-12-9-17-7-8-18(24)15-20(17)23;/h7-8,15-16,19H,4-6,9-14H2,1-3H3,(H2,25,26,27);1H. The normalized spacial score (nSPS) is 15.1. The Hall–Kier alpha value is -1.09. The highest BCUT2D eigenvalue weighted by atomic mass is 127. The Morgan fingerprint density at radius 3 is 2.50 bits per heavy atom. The Kier molecular flexibility index (Phi) is 12.6. The molecule has 0 radical (unpaired) electrons. The molecular weight excluding hydrogens is 518 g/mol. The van der Waals surface area contributed by atoms with Crippen molar-refractivity contribution in [3.8, 4) is 0 Å². The van der Waals surface area contributed by atoms with Crippen LogP contribution in [0.4, 0.5) is 4.39 Å². The number of nitrogens with one attached hydrogen (secondary N) is 2. The third kappa shape index (κ3) is 8.21. The van der Waals surface area contributed by atoms with Crippen molar-refractivity contribution in [1.82, 2.24) is 15.5 Å². The van der Waals surface area contributed by atoms with E-state index in [1.807, 2.05) is 11.8 Å². The molecule has 0 spiro atoms. The number of hydrogen-bond donors (Lipinski definition) is 2.